The Morgan fingerprint density at radius 1 is 1.03 bits per heavy atom. The Kier molecular flexibility index (Phi) is 5.40. The van der Waals surface area contributed by atoms with Crippen LogP contribution in [0.4, 0.5) is 0 Å². The Hall–Kier alpha value is -2.51. The Morgan fingerprint density at radius 2 is 1.81 bits per heavy atom. The molecule has 164 valence electrons. The van der Waals surface area contributed by atoms with Gasteiger partial charge < -0.3 is 4.57 Å². The van der Waals surface area contributed by atoms with E-state index in [1.165, 1.54) is 24.1 Å². The van der Waals surface area contributed by atoms with E-state index in [9.17, 15) is 0 Å². The van der Waals surface area contributed by atoms with Crippen molar-refractivity contribution in [3.8, 4) is 0 Å². The van der Waals surface area contributed by atoms with Crippen LogP contribution in [0.3, 0.4) is 0 Å². The van der Waals surface area contributed by atoms with Crippen LogP contribution in [0, 0.1) is 12.3 Å². The highest BCUT2D eigenvalue weighted by Gasteiger charge is 2.50. The van der Waals surface area contributed by atoms with Crippen molar-refractivity contribution in [1.29, 1.82) is 0 Å². The second kappa shape index (κ2) is 8.20. The van der Waals surface area contributed by atoms with Crippen LogP contribution in [0.1, 0.15) is 41.5 Å². The van der Waals surface area contributed by atoms with E-state index in [0.717, 1.165) is 50.8 Å². The summed E-state index contributed by atoms with van der Waals surface area (Å²) in [5.74, 6) is 1.58. The summed E-state index contributed by atoms with van der Waals surface area (Å²) in [5.41, 5.74) is 4.06. The summed E-state index contributed by atoms with van der Waals surface area (Å²) in [5, 5.41) is 13.3. The molecule has 0 N–H and O–H groups in total. The molecule has 3 aromatic rings. The zero-order chi connectivity index (χ0) is 21.4. The third-order valence-electron chi connectivity index (χ3n) is 7.36. The van der Waals surface area contributed by atoms with Gasteiger partial charge in [0.1, 0.15) is 12.2 Å². The Balaban J connectivity index is 1.33. The number of likely N-dealkylation sites (tertiary alicyclic amines) is 2. The van der Waals surface area contributed by atoms with Gasteiger partial charge in [-0.05, 0) is 49.9 Å². The second-order valence-corrected chi connectivity index (χ2v) is 9.55. The molecular formula is C24H33N7. The van der Waals surface area contributed by atoms with Crippen LogP contribution in [0.2, 0.25) is 0 Å². The van der Waals surface area contributed by atoms with Crippen molar-refractivity contribution in [2.24, 2.45) is 19.5 Å². The van der Waals surface area contributed by atoms with Gasteiger partial charge in [0.2, 0.25) is 0 Å². The van der Waals surface area contributed by atoms with Crippen molar-refractivity contribution in [3.63, 3.8) is 0 Å². The predicted molar refractivity (Wildman–Crippen MR) is 120 cm³/mol. The van der Waals surface area contributed by atoms with E-state index in [-0.39, 0.29) is 5.41 Å². The smallest absolute Gasteiger partial charge is 0.137 e. The number of piperidine rings is 1. The van der Waals surface area contributed by atoms with Crippen LogP contribution >= 0.6 is 0 Å². The van der Waals surface area contributed by atoms with Gasteiger partial charge in [-0.25, -0.2) is 0 Å². The predicted octanol–water partition coefficient (Wildman–Crippen LogP) is 2.74. The summed E-state index contributed by atoms with van der Waals surface area (Å²) in [6.07, 6.45) is 4.25. The number of benzene rings is 1. The van der Waals surface area contributed by atoms with Crippen molar-refractivity contribution < 1.29 is 0 Å². The number of nitrogens with zero attached hydrogens (tertiary/aromatic N) is 7. The Labute approximate surface area is 184 Å². The molecular weight excluding hydrogens is 386 g/mol. The molecule has 5 rings (SSSR count). The van der Waals surface area contributed by atoms with Gasteiger partial charge in [-0.2, -0.15) is 5.10 Å². The van der Waals surface area contributed by atoms with Crippen LogP contribution in [-0.2, 0) is 27.2 Å². The molecule has 1 atom stereocenters. The van der Waals surface area contributed by atoms with Crippen LogP contribution < -0.4 is 0 Å². The lowest BCUT2D eigenvalue weighted by molar-refractivity contribution is 0.0873. The zero-order valence-electron chi connectivity index (χ0n) is 18.9. The highest BCUT2D eigenvalue weighted by Crippen LogP contribution is 2.49. The molecule has 7 nitrogen and oxygen atoms in total. The first-order valence-electron chi connectivity index (χ1n) is 11.3. The Morgan fingerprint density at radius 3 is 2.45 bits per heavy atom. The molecule has 1 aromatic carbocycles. The summed E-state index contributed by atoms with van der Waals surface area (Å²) in [6, 6.07) is 13.1. The summed E-state index contributed by atoms with van der Waals surface area (Å²) in [6.45, 7) is 8.50. The van der Waals surface area contributed by atoms with E-state index in [1.54, 1.807) is 0 Å². The van der Waals surface area contributed by atoms with E-state index in [0.29, 0.717) is 5.92 Å². The van der Waals surface area contributed by atoms with Crippen LogP contribution in [0.25, 0.3) is 0 Å². The minimum Gasteiger partial charge on any atom is -0.320 e. The Bertz CT molecular complexity index is 1010. The fourth-order valence-corrected chi connectivity index (χ4v) is 5.70. The third-order valence-corrected chi connectivity index (χ3v) is 7.36. The minimum absolute atomic E-state index is 0.272. The van der Waals surface area contributed by atoms with E-state index < -0.39 is 0 Å². The number of hydrogen-bond acceptors (Lipinski definition) is 5. The maximum Gasteiger partial charge on any atom is 0.137 e. The molecule has 0 amide bonds. The SMILES string of the molecule is Cc1cc(CN2CCC3(CC2)CN(Cc2ccccc2)CC3c2nncn2C)n(C)n1. The molecule has 4 heterocycles. The van der Waals surface area contributed by atoms with Crippen LogP contribution in [0.5, 0.6) is 0 Å². The number of aromatic nitrogens is 5. The van der Waals surface area contributed by atoms with Crippen molar-refractivity contribution in [2.45, 2.75) is 38.8 Å². The first-order chi connectivity index (χ1) is 15.0. The fourth-order valence-electron chi connectivity index (χ4n) is 5.70. The van der Waals surface area contributed by atoms with Crippen molar-refractivity contribution in [1.82, 2.24) is 34.3 Å². The van der Waals surface area contributed by atoms with Gasteiger partial charge in [-0.15, -0.1) is 10.2 Å². The summed E-state index contributed by atoms with van der Waals surface area (Å²) >= 11 is 0. The highest BCUT2D eigenvalue weighted by atomic mass is 15.3. The monoisotopic (exact) mass is 419 g/mol. The molecule has 2 fully saturated rings. The molecule has 31 heavy (non-hydrogen) atoms. The van der Waals surface area contributed by atoms with Gasteiger partial charge in [0.15, 0.2) is 0 Å². The molecule has 0 radical (unpaired) electrons. The molecule has 7 heteroatoms. The van der Waals surface area contributed by atoms with Gasteiger partial charge in [0.25, 0.3) is 0 Å². The van der Waals surface area contributed by atoms with Gasteiger partial charge >= 0.3 is 0 Å². The zero-order valence-corrected chi connectivity index (χ0v) is 18.9. The molecule has 0 bridgehead atoms. The van der Waals surface area contributed by atoms with E-state index in [1.807, 2.05) is 11.0 Å². The van der Waals surface area contributed by atoms with E-state index in [4.69, 9.17) is 0 Å². The van der Waals surface area contributed by atoms with Crippen molar-refractivity contribution in [2.75, 3.05) is 26.2 Å². The van der Waals surface area contributed by atoms with Crippen LogP contribution in [0.15, 0.2) is 42.7 Å². The summed E-state index contributed by atoms with van der Waals surface area (Å²) in [7, 11) is 4.14. The first kappa shape index (κ1) is 20.4. The lowest BCUT2D eigenvalue weighted by atomic mass is 9.70. The van der Waals surface area contributed by atoms with Crippen LogP contribution in [-0.4, -0.2) is 60.5 Å². The molecule has 2 saturated heterocycles. The van der Waals surface area contributed by atoms with Gasteiger partial charge in [0, 0.05) is 46.2 Å². The summed E-state index contributed by atoms with van der Waals surface area (Å²) < 4.78 is 4.16. The van der Waals surface area contributed by atoms with Crippen molar-refractivity contribution >= 4 is 0 Å². The molecule has 1 spiro atoms. The highest BCUT2D eigenvalue weighted by molar-refractivity contribution is 5.18. The fraction of sp³-hybridized carbons (Fsp3) is 0.542. The molecule has 2 aliphatic rings. The standard InChI is InChI=1S/C24H33N7/c1-19-13-21(29(3)27-19)15-30-11-9-24(10-12-30)17-31(14-20-7-5-4-6-8-20)16-22(24)23-26-25-18-28(23)2/h4-8,13,18,22H,9-12,14-17H2,1-3H3. The average Bonchev–Trinajstić information content (AvgIpc) is 3.42. The van der Waals surface area contributed by atoms with E-state index in [2.05, 4.69) is 87.1 Å². The average molecular weight is 420 g/mol. The minimum atomic E-state index is 0.272. The first-order valence-corrected chi connectivity index (χ1v) is 11.3. The topological polar surface area (TPSA) is 55.0 Å². The largest absolute Gasteiger partial charge is 0.320 e. The lowest BCUT2D eigenvalue weighted by Crippen LogP contribution is -2.44. The second-order valence-electron chi connectivity index (χ2n) is 9.55. The number of rotatable bonds is 5. The lowest BCUT2D eigenvalue weighted by Gasteiger charge is -2.42. The number of aryl methyl sites for hydroxylation is 3. The quantitative estimate of drug-likeness (QED) is 0.637. The van der Waals surface area contributed by atoms with E-state index >= 15 is 0 Å². The third kappa shape index (κ3) is 4.04. The normalized spacial score (nSPS) is 21.8. The number of hydrogen-bond donors (Lipinski definition) is 0. The molecule has 0 aliphatic carbocycles. The molecule has 2 aromatic heterocycles. The summed E-state index contributed by atoms with van der Waals surface area (Å²) in [4.78, 5) is 5.23. The molecule has 2 aliphatic heterocycles. The van der Waals surface area contributed by atoms with Gasteiger partial charge in [-0.1, -0.05) is 30.3 Å². The maximum atomic E-state index is 4.55. The van der Waals surface area contributed by atoms with Crippen molar-refractivity contribution in [3.05, 3.63) is 65.5 Å². The molecule has 0 saturated carbocycles. The molecule has 1 unspecified atom stereocenters. The van der Waals surface area contributed by atoms with Gasteiger partial charge in [-0.3, -0.25) is 14.5 Å². The maximum absolute atomic E-state index is 4.55. The van der Waals surface area contributed by atoms with Gasteiger partial charge in [0.05, 0.1) is 11.4 Å².